The highest BCUT2D eigenvalue weighted by atomic mass is 28.4. The van der Waals surface area contributed by atoms with Crippen LogP contribution in [-0.4, -0.2) is 32.7 Å². The SMILES string of the molecule is CCCCCCCCCCCCCC/C=C\OC(CO)CO[Si](c1ccccc1)(c1ccccc1)C(C)(C)C. The molecule has 4 heteroatoms. The van der Waals surface area contributed by atoms with Gasteiger partial charge in [0, 0.05) is 0 Å². The molecule has 39 heavy (non-hydrogen) atoms. The smallest absolute Gasteiger partial charge is 0.261 e. The van der Waals surface area contributed by atoms with Gasteiger partial charge in [-0.05, 0) is 34.3 Å². The first-order valence-corrected chi connectivity index (χ1v) is 17.5. The van der Waals surface area contributed by atoms with Crippen molar-refractivity contribution in [3.63, 3.8) is 0 Å². The van der Waals surface area contributed by atoms with Gasteiger partial charge in [0.15, 0.2) is 0 Å². The summed E-state index contributed by atoms with van der Waals surface area (Å²) in [5.74, 6) is 0. The minimum atomic E-state index is -2.63. The van der Waals surface area contributed by atoms with Crippen LogP contribution < -0.4 is 10.4 Å². The zero-order valence-electron chi connectivity index (χ0n) is 25.4. The summed E-state index contributed by atoms with van der Waals surface area (Å²) in [6.07, 6.45) is 20.9. The molecule has 218 valence electrons. The summed E-state index contributed by atoms with van der Waals surface area (Å²) in [5, 5.41) is 12.4. The molecule has 0 aliphatic heterocycles. The van der Waals surface area contributed by atoms with Gasteiger partial charge in [-0.25, -0.2) is 0 Å². The van der Waals surface area contributed by atoms with Crippen LogP contribution >= 0.6 is 0 Å². The summed E-state index contributed by atoms with van der Waals surface area (Å²) in [4.78, 5) is 0. The zero-order chi connectivity index (χ0) is 28.2. The van der Waals surface area contributed by atoms with Gasteiger partial charge in [-0.2, -0.15) is 0 Å². The molecule has 0 amide bonds. The van der Waals surface area contributed by atoms with Crippen LogP contribution in [0.1, 0.15) is 111 Å². The number of hydrogen-bond donors (Lipinski definition) is 1. The highest BCUT2D eigenvalue weighted by molar-refractivity contribution is 6.99. The molecule has 2 aromatic carbocycles. The molecule has 3 nitrogen and oxygen atoms in total. The minimum Gasteiger partial charge on any atom is -0.494 e. The Hall–Kier alpha value is -1.88. The fraction of sp³-hybridized carbons (Fsp3) is 0.600. The second-order valence-corrected chi connectivity index (χ2v) is 16.3. The molecule has 1 unspecified atom stereocenters. The van der Waals surface area contributed by atoms with Crippen LogP contribution in [0.4, 0.5) is 0 Å². The summed E-state index contributed by atoms with van der Waals surface area (Å²) < 4.78 is 12.9. The maximum atomic E-state index is 10.1. The van der Waals surface area contributed by atoms with Gasteiger partial charge >= 0.3 is 0 Å². The van der Waals surface area contributed by atoms with Gasteiger partial charge in [0.25, 0.3) is 8.32 Å². The summed E-state index contributed by atoms with van der Waals surface area (Å²) in [6, 6.07) is 21.2. The number of benzene rings is 2. The van der Waals surface area contributed by atoms with Gasteiger partial charge in [0.05, 0.1) is 19.5 Å². The Balaban J connectivity index is 1.77. The Morgan fingerprint density at radius 1 is 0.718 bits per heavy atom. The van der Waals surface area contributed by atoms with Crippen molar-refractivity contribution < 1.29 is 14.3 Å². The summed E-state index contributed by atoms with van der Waals surface area (Å²) in [7, 11) is -2.63. The Labute approximate surface area is 241 Å². The lowest BCUT2D eigenvalue weighted by Gasteiger charge is -2.43. The largest absolute Gasteiger partial charge is 0.494 e. The van der Waals surface area contributed by atoms with Crippen molar-refractivity contribution in [2.24, 2.45) is 0 Å². The highest BCUT2D eigenvalue weighted by Gasteiger charge is 2.50. The second kappa shape index (κ2) is 19.2. The monoisotopic (exact) mass is 552 g/mol. The molecule has 2 aromatic rings. The number of aliphatic hydroxyl groups excluding tert-OH is 1. The number of rotatable bonds is 21. The maximum Gasteiger partial charge on any atom is 0.261 e. The van der Waals surface area contributed by atoms with Crippen LogP contribution in [0.2, 0.25) is 5.04 Å². The molecule has 0 aliphatic carbocycles. The zero-order valence-corrected chi connectivity index (χ0v) is 26.4. The Kier molecular flexibility index (Phi) is 16.4. The van der Waals surface area contributed by atoms with Crippen LogP contribution in [0.5, 0.6) is 0 Å². The number of unbranched alkanes of at least 4 members (excludes halogenated alkanes) is 12. The summed E-state index contributed by atoms with van der Waals surface area (Å²) in [5.41, 5.74) is 0. The van der Waals surface area contributed by atoms with Crippen LogP contribution in [0.25, 0.3) is 0 Å². The molecule has 0 spiro atoms. The lowest BCUT2D eigenvalue weighted by Crippen LogP contribution is -2.67. The van der Waals surface area contributed by atoms with E-state index >= 15 is 0 Å². The number of ether oxygens (including phenoxy) is 1. The van der Waals surface area contributed by atoms with Gasteiger partial charge in [0.1, 0.15) is 6.10 Å². The molecule has 0 aliphatic rings. The molecule has 0 saturated heterocycles. The van der Waals surface area contributed by atoms with Gasteiger partial charge < -0.3 is 14.3 Å². The lowest BCUT2D eigenvalue weighted by atomic mass is 10.0. The standard InChI is InChI=1S/C35H56O3Si/c1-5-6-7-8-9-10-11-12-13-14-15-16-17-24-29-37-32(30-36)31-38-39(35(2,3)4,33-25-20-18-21-26-33)34-27-22-19-23-28-34/h18-29,32,36H,5-17,30-31H2,1-4H3/b29-24-. The molecule has 0 heterocycles. The fourth-order valence-corrected chi connectivity index (χ4v) is 10.0. The third kappa shape index (κ3) is 11.6. The molecule has 2 rings (SSSR count). The van der Waals surface area contributed by atoms with E-state index in [4.69, 9.17) is 9.16 Å². The predicted octanol–water partition coefficient (Wildman–Crippen LogP) is 8.55. The molecule has 0 radical (unpaired) electrons. The summed E-state index contributed by atoms with van der Waals surface area (Å²) >= 11 is 0. The van der Waals surface area contributed by atoms with Gasteiger partial charge in [-0.3, -0.25) is 0 Å². The van der Waals surface area contributed by atoms with Crippen molar-refractivity contribution in [1.82, 2.24) is 0 Å². The van der Waals surface area contributed by atoms with E-state index in [2.05, 4.69) is 94.4 Å². The van der Waals surface area contributed by atoms with E-state index in [-0.39, 0.29) is 17.7 Å². The normalized spacial score (nSPS) is 13.2. The third-order valence-electron chi connectivity index (χ3n) is 7.70. The average Bonchev–Trinajstić information content (AvgIpc) is 2.94. The van der Waals surface area contributed by atoms with Crippen molar-refractivity contribution in [3.8, 4) is 0 Å². The molecule has 0 aromatic heterocycles. The van der Waals surface area contributed by atoms with E-state index in [1.165, 1.54) is 87.4 Å². The first-order chi connectivity index (χ1) is 19.0. The van der Waals surface area contributed by atoms with Gasteiger partial charge in [0.2, 0.25) is 0 Å². The number of hydrogen-bond acceptors (Lipinski definition) is 3. The van der Waals surface area contributed by atoms with Crippen LogP contribution in [-0.2, 0) is 9.16 Å². The van der Waals surface area contributed by atoms with Gasteiger partial charge in [-0.1, -0.05) is 159 Å². The number of aliphatic hydroxyl groups is 1. The first kappa shape index (κ1) is 33.3. The molecular formula is C35H56O3Si. The van der Waals surface area contributed by atoms with E-state index in [9.17, 15) is 5.11 Å². The second-order valence-electron chi connectivity index (χ2n) is 12.0. The van der Waals surface area contributed by atoms with E-state index in [0.717, 1.165) is 6.42 Å². The van der Waals surface area contributed by atoms with E-state index in [0.29, 0.717) is 6.61 Å². The first-order valence-electron chi connectivity index (χ1n) is 15.6. The van der Waals surface area contributed by atoms with Crippen molar-refractivity contribution in [1.29, 1.82) is 0 Å². The number of allylic oxidation sites excluding steroid dienone is 1. The molecule has 0 bridgehead atoms. The fourth-order valence-electron chi connectivity index (χ4n) is 5.45. The quantitative estimate of drug-likeness (QED) is 0.0958. The maximum absolute atomic E-state index is 10.1. The average molecular weight is 553 g/mol. The van der Waals surface area contributed by atoms with Crippen molar-refractivity contribution >= 4 is 18.7 Å². The van der Waals surface area contributed by atoms with Gasteiger partial charge in [-0.15, -0.1) is 0 Å². The topological polar surface area (TPSA) is 38.7 Å². The molecular weight excluding hydrogens is 496 g/mol. The molecule has 1 N–H and O–H groups in total. The molecule has 0 fully saturated rings. The van der Waals surface area contributed by atoms with Crippen LogP contribution in [0.3, 0.4) is 0 Å². The summed E-state index contributed by atoms with van der Waals surface area (Å²) in [6.45, 7) is 9.36. The van der Waals surface area contributed by atoms with E-state index < -0.39 is 8.32 Å². The molecule has 1 atom stereocenters. The van der Waals surface area contributed by atoms with Crippen LogP contribution in [0, 0.1) is 0 Å². The van der Waals surface area contributed by atoms with Crippen molar-refractivity contribution in [2.75, 3.05) is 13.2 Å². The minimum absolute atomic E-state index is 0.0683. The Bertz CT molecular complexity index is 836. The molecule has 0 saturated carbocycles. The lowest BCUT2D eigenvalue weighted by molar-refractivity contribution is 0.0368. The third-order valence-corrected chi connectivity index (χ3v) is 12.7. The Morgan fingerprint density at radius 3 is 1.62 bits per heavy atom. The Morgan fingerprint density at radius 2 is 1.18 bits per heavy atom. The van der Waals surface area contributed by atoms with Crippen molar-refractivity contribution in [2.45, 2.75) is 122 Å². The highest BCUT2D eigenvalue weighted by Crippen LogP contribution is 2.36. The van der Waals surface area contributed by atoms with Crippen LogP contribution in [0.15, 0.2) is 73.0 Å². The van der Waals surface area contributed by atoms with E-state index in [1.54, 1.807) is 6.26 Å². The van der Waals surface area contributed by atoms with Crippen molar-refractivity contribution in [3.05, 3.63) is 73.0 Å². The van der Waals surface area contributed by atoms with E-state index in [1.807, 2.05) is 0 Å². The predicted molar refractivity (Wildman–Crippen MR) is 170 cm³/mol.